The summed E-state index contributed by atoms with van der Waals surface area (Å²) < 4.78 is 0. The first-order valence-corrected chi connectivity index (χ1v) is 11.2. The molecular formula is C23H34N4O3. The highest BCUT2D eigenvalue weighted by Crippen LogP contribution is 2.34. The van der Waals surface area contributed by atoms with Gasteiger partial charge in [0.05, 0.1) is 0 Å². The van der Waals surface area contributed by atoms with Crippen molar-refractivity contribution >= 4 is 17.7 Å². The van der Waals surface area contributed by atoms with Gasteiger partial charge in [-0.05, 0) is 34.9 Å². The fraction of sp³-hybridized carbons (Fsp3) is 0.652. The number of hydrogen-bond acceptors (Lipinski definition) is 4. The maximum absolute atomic E-state index is 11.7. The molecule has 3 fully saturated rings. The fourth-order valence-electron chi connectivity index (χ4n) is 5.25. The maximum atomic E-state index is 11.7. The molecule has 1 aromatic rings. The molecule has 0 spiro atoms. The van der Waals surface area contributed by atoms with Crippen LogP contribution in [0.15, 0.2) is 18.2 Å². The third-order valence-electron chi connectivity index (χ3n) is 7.07. The summed E-state index contributed by atoms with van der Waals surface area (Å²) >= 11 is 0. The van der Waals surface area contributed by atoms with E-state index >= 15 is 0 Å². The second-order valence-electron chi connectivity index (χ2n) is 9.44. The first-order chi connectivity index (χ1) is 14.3. The summed E-state index contributed by atoms with van der Waals surface area (Å²) in [5.41, 5.74) is 3.98. The van der Waals surface area contributed by atoms with Crippen LogP contribution in [0.25, 0.3) is 0 Å². The third kappa shape index (κ3) is 4.26. The van der Waals surface area contributed by atoms with Crippen molar-refractivity contribution in [2.75, 3.05) is 57.3 Å². The molecule has 7 nitrogen and oxygen atoms in total. The van der Waals surface area contributed by atoms with Gasteiger partial charge in [-0.3, -0.25) is 9.69 Å². The predicted molar refractivity (Wildman–Crippen MR) is 117 cm³/mol. The zero-order chi connectivity index (χ0) is 21.4. The second kappa shape index (κ2) is 8.46. The number of anilines is 1. The van der Waals surface area contributed by atoms with Gasteiger partial charge in [0.2, 0.25) is 5.91 Å². The molecule has 7 heteroatoms. The Hall–Kier alpha value is -2.28. The van der Waals surface area contributed by atoms with Crippen molar-refractivity contribution in [1.29, 1.82) is 0 Å². The van der Waals surface area contributed by atoms with Crippen molar-refractivity contribution in [1.82, 2.24) is 14.7 Å². The van der Waals surface area contributed by atoms with E-state index in [9.17, 15) is 14.7 Å². The number of piperazine rings is 1. The van der Waals surface area contributed by atoms with Crippen molar-refractivity contribution < 1.29 is 14.7 Å². The van der Waals surface area contributed by atoms with Crippen LogP contribution in [0.1, 0.15) is 37.8 Å². The summed E-state index contributed by atoms with van der Waals surface area (Å²) in [5, 5.41) is 9.26. The number of carbonyl (C=O) groups excluding carboxylic acids is 1. The highest BCUT2D eigenvalue weighted by molar-refractivity contribution is 5.73. The molecule has 2 atom stereocenters. The van der Waals surface area contributed by atoms with E-state index in [4.69, 9.17) is 0 Å². The van der Waals surface area contributed by atoms with Crippen LogP contribution in [0, 0.1) is 11.8 Å². The Morgan fingerprint density at radius 1 is 1.00 bits per heavy atom. The normalized spacial score (nSPS) is 24.6. The Morgan fingerprint density at radius 2 is 1.63 bits per heavy atom. The zero-order valence-corrected chi connectivity index (χ0v) is 18.4. The van der Waals surface area contributed by atoms with Crippen molar-refractivity contribution in [3.05, 3.63) is 29.3 Å². The lowest BCUT2D eigenvalue weighted by Gasteiger charge is -2.37. The van der Waals surface area contributed by atoms with Crippen LogP contribution in [0.5, 0.6) is 0 Å². The Bertz CT molecular complexity index is 790. The average Bonchev–Trinajstić information content (AvgIpc) is 3.27. The number of carbonyl (C=O) groups is 2. The standard InChI is InChI=1S/C23H34N4O3/c1-16(2)18-4-5-19(22(10-18)26-8-6-25(7-9-26)17(3)28)11-24-12-20-14-27(23(29)30)15-21(20)13-24/h4-5,10,16,20-21H,6-9,11-15H2,1-3H3,(H,29,30). The molecule has 4 rings (SSSR count). The first-order valence-electron chi connectivity index (χ1n) is 11.2. The van der Waals surface area contributed by atoms with E-state index in [1.54, 1.807) is 11.8 Å². The maximum Gasteiger partial charge on any atom is 0.407 e. The monoisotopic (exact) mass is 414 g/mol. The quantitative estimate of drug-likeness (QED) is 0.820. The van der Waals surface area contributed by atoms with Gasteiger partial charge in [-0.15, -0.1) is 0 Å². The SMILES string of the molecule is CC(=O)N1CCN(c2cc(C(C)C)ccc2CN2CC3CN(C(=O)O)CC3C2)CC1. The lowest BCUT2D eigenvalue weighted by Crippen LogP contribution is -2.48. The van der Waals surface area contributed by atoms with Crippen molar-refractivity contribution in [3.8, 4) is 0 Å². The van der Waals surface area contributed by atoms with E-state index in [0.717, 1.165) is 45.8 Å². The molecule has 3 saturated heterocycles. The van der Waals surface area contributed by atoms with E-state index in [1.165, 1.54) is 16.8 Å². The Morgan fingerprint density at radius 3 is 2.17 bits per heavy atom. The third-order valence-corrected chi connectivity index (χ3v) is 7.07. The van der Waals surface area contributed by atoms with Crippen LogP contribution in [0.3, 0.4) is 0 Å². The van der Waals surface area contributed by atoms with Crippen LogP contribution >= 0.6 is 0 Å². The summed E-state index contributed by atoms with van der Waals surface area (Å²) in [4.78, 5) is 31.4. The van der Waals surface area contributed by atoms with Gasteiger partial charge in [0.1, 0.15) is 0 Å². The molecule has 1 N–H and O–H groups in total. The van der Waals surface area contributed by atoms with Crippen molar-refractivity contribution in [2.45, 2.75) is 33.2 Å². The highest BCUT2D eigenvalue weighted by atomic mass is 16.4. The van der Waals surface area contributed by atoms with Gasteiger partial charge in [-0.25, -0.2) is 4.79 Å². The lowest BCUT2D eigenvalue weighted by atomic mass is 9.99. The van der Waals surface area contributed by atoms with Crippen LogP contribution in [0.2, 0.25) is 0 Å². The van der Waals surface area contributed by atoms with Crippen molar-refractivity contribution in [2.24, 2.45) is 11.8 Å². The van der Waals surface area contributed by atoms with Crippen LogP contribution < -0.4 is 4.90 Å². The largest absolute Gasteiger partial charge is 0.465 e. The minimum absolute atomic E-state index is 0.157. The van der Waals surface area contributed by atoms with E-state index in [-0.39, 0.29) is 5.91 Å². The molecule has 30 heavy (non-hydrogen) atoms. The molecule has 2 amide bonds. The van der Waals surface area contributed by atoms with Gasteiger partial charge in [-0.2, -0.15) is 0 Å². The minimum Gasteiger partial charge on any atom is -0.465 e. The van der Waals surface area contributed by atoms with Crippen LogP contribution in [-0.2, 0) is 11.3 Å². The van der Waals surface area contributed by atoms with E-state index < -0.39 is 6.09 Å². The van der Waals surface area contributed by atoms with Gasteiger partial charge < -0.3 is 19.8 Å². The van der Waals surface area contributed by atoms with Crippen molar-refractivity contribution in [3.63, 3.8) is 0 Å². The lowest BCUT2D eigenvalue weighted by molar-refractivity contribution is -0.129. The number of likely N-dealkylation sites (tertiary alicyclic amines) is 2. The van der Waals surface area contributed by atoms with Gasteiger partial charge in [0, 0.05) is 71.5 Å². The molecule has 0 saturated carbocycles. The molecule has 3 aliphatic heterocycles. The highest BCUT2D eigenvalue weighted by Gasteiger charge is 2.41. The summed E-state index contributed by atoms with van der Waals surface area (Å²) in [6.45, 7) is 13.6. The molecule has 164 valence electrons. The van der Waals surface area contributed by atoms with Gasteiger partial charge in [-0.1, -0.05) is 26.0 Å². The molecule has 0 aromatic heterocycles. The van der Waals surface area contributed by atoms with Gasteiger partial charge >= 0.3 is 6.09 Å². The summed E-state index contributed by atoms with van der Waals surface area (Å²) in [7, 11) is 0. The van der Waals surface area contributed by atoms with Crippen LogP contribution in [-0.4, -0.2) is 84.2 Å². The average molecular weight is 415 g/mol. The number of carboxylic acid groups (broad SMARTS) is 1. The number of fused-ring (bicyclic) bond motifs is 1. The van der Waals surface area contributed by atoms with Crippen LogP contribution in [0.4, 0.5) is 10.5 Å². The second-order valence-corrected chi connectivity index (χ2v) is 9.44. The Kier molecular flexibility index (Phi) is 5.91. The number of rotatable bonds is 4. The number of hydrogen-bond donors (Lipinski definition) is 1. The molecule has 0 radical (unpaired) electrons. The first kappa shape index (κ1) is 21.0. The van der Waals surface area contributed by atoms with E-state index in [0.29, 0.717) is 30.8 Å². The minimum atomic E-state index is -0.785. The zero-order valence-electron chi connectivity index (χ0n) is 18.4. The van der Waals surface area contributed by atoms with E-state index in [2.05, 4.69) is 41.8 Å². The van der Waals surface area contributed by atoms with E-state index in [1.807, 2.05) is 4.90 Å². The Balaban J connectivity index is 1.47. The van der Waals surface area contributed by atoms with Gasteiger partial charge in [0.25, 0.3) is 0 Å². The molecule has 0 aliphatic carbocycles. The summed E-state index contributed by atoms with van der Waals surface area (Å²) in [6, 6.07) is 6.87. The number of benzene rings is 1. The molecule has 0 bridgehead atoms. The predicted octanol–water partition coefficient (Wildman–Crippen LogP) is 2.52. The summed E-state index contributed by atoms with van der Waals surface area (Å²) in [6.07, 6.45) is -0.785. The smallest absolute Gasteiger partial charge is 0.407 e. The molecule has 2 unspecified atom stereocenters. The van der Waals surface area contributed by atoms with Gasteiger partial charge in [0.15, 0.2) is 0 Å². The topological polar surface area (TPSA) is 67.3 Å². The number of nitrogens with zero attached hydrogens (tertiary/aromatic N) is 4. The number of amides is 2. The molecule has 3 aliphatic rings. The molecule has 3 heterocycles. The summed E-state index contributed by atoms with van der Waals surface area (Å²) in [5.74, 6) is 1.55. The molecular weight excluding hydrogens is 380 g/mol. The Labute approximate surface area is 179 Å². The fourth-order valence-corrected chi connectivity index (χ4v) is 5.25. The molecule has 1 aromatic carbocycles.